The van der Waals surface area contributed by atoms with Gasteiger partial charge in [-0.1, -0.05) is 18.2 Å². The molecule has 0 aliphatic rings. The molecule has 2 rings (SSSR count). The van der Waals surface area contributed by atoms with Gasteiger partial charge in [0.05, 0.1) is 4.92 Å². The number of nitrogen functional groups attached to an aromatic ring is 1. The molecule has 0 aromatic heterocycles. The fraction of sp³-hybridized carbons (Fsp3) is 0. The van der Waals surface area contributed by atoms with Gasteiger partial charge < -0.3 is 5.73 Å². The van der Waals surface area contributed by atoms with Gasteiger partial charge in [-0.15, -0.1) is 0 Å². The third kappa shape index (κ3) is 5.84. The van der Waals surface area contributed by atoms with Crippen LogP contribution < -0.4 is 5.73 Å². The van der Waals surface area contributed by atoms with Crippen molar-refractivity contribution in [1.82, 2.24) is 0 Å². The summed E-state index contributed by atoms with van der Waals surface area (Å²) in [6.07, 6.45) is 2.27. The maximum atomic E-state index is 11.5. The third-order valence-electron chi connectivity index (χ3n) is 3.24. The standard InChI is InChI=1S/C14H12N2O8S2.Na.H/c15-11-5-3-9(13(7-11)25(19,20)21)1-2-10-4-6-12(16(17)18)8-14(10)26(22,23)24;;/h1-8H,15H2,(H,19,20,21)(H,22,23,24);;. The number of nitrogens with two attached hydrogens (primary N) is 1. The third-order valence-corrected chi connectivity index (χ3v) is 5.06. The first kappa shape index (κ1) is 23.2. The number of hydrogen-bond donors (Lipinski definition) is 3. The number of hydrogen-bond acceptors (Lipinski definition) is 7. The summed E-state index contributed by atoms with van der Waals surface area (Å²) >= 11 is 0. The Balaban J connectivity index is 0.00000364. The Hall–Kier alpha value is -1.80. The Kier molecular flexibility index (Phi) is 7.30. The number of non-ortho nitro benzene ring substituents is 1. The molecule has 0 spiro atoms. The van der Waals surface area contributed by atoms with Crippen LogP contribution in [0.1, 0.15) is 11.1 Å². The second kappa shape index (κ2) is 8.48. The van der Waals surface area contributed by atoms with E-state index in [0.717, 1.165) is 30.4 Å². The van der Waals surface area contributed by atoms with Gasteiger partial charge >= 0.3 is 29.6 Å². The van der Waals surface area contributed by atoms with Crippen LogP contribution in [0.5, 0.6) is 0 Å². The van der Waals surface area contributed by atoms with Gasteiger partial charge in [0.1, 0.15) is 9.79 Å². The molecule has 140 valence electrons. The molecule has 4 N–H and O–H groups in total. The Bertz CT molecular complexity index is 1130. The Labute approximate surface area is 176 Å². The number of rotatable bonds is 5. The van der Waals surface area contributed by atoms with Crippen LogP contribution in [0, 0.1) is 10.1 Å². The zero-order valence-electron chi connectivity index (χ0n) is 12.8. The number of nitro benzene ring substituents is 1. The van der Waals surface area contributed by atoms with E-state index >= 15 is 0 Å². The maximum absolute atomic E-state index is 11.5. The van der Waals surface area contributed by atoms with Crippen LogP contribution in [0.15, 0.2) is 46.2 Å². The Morgan fingerprint density at radius 1 is 0.889 bits per heavy atom. The summed E-state index contributed by atoms with van der Waals surface area (Å²) in [5.41, 5.74) is 4.86. The molecule has 13 heteroatoms. The molecular weight excluding hydrogens is 411 g/mol. The summed E-state index contributed by atoms with van der Waals surface area (Å²) in [5.74, 6) is 0. The Morgan fingerprint density at radius 3 is 1.78 bits per heavy atom. The van der Waals surface area contributed by atoms with Crippen molar-refractivity contribution in [3.05, 3.63) is 57.6 Å². The fourth-order valence-corrected chi connectivity index (χ4v) is 3.51. The molecule has 0 heterocycles. The first-order valence-corrected chi connectivity index (χ1v) is 9.58. The van der Waals surface area contributed by atoms with Crippen molar-refractivity contribution in [2.45, 2.75) is 9.79 Å². The van der Waals surface area contributed by atoms with E-state index < -0.39 is 40.6 Å². The van der Waals surface area contributed by atoms with Crippen LogP contribution in [0.3, 0.4) is 0 Å². The zero-order chi connectivity index (χ0) is 19.7. The molecule has 0 fully saturated rings. The minimum absolute atomic E-state index is 0. The summed E-state index contributed by atoms with van der Waals surface area (Å²) < 4.78 is 64.3. The first-order chi connectivity index (χ1) is 11.9. The molecule has 0 radical (unpaired) electrons. The predicted molar refractivity (Wildman–Crippen MR) is 99.7 cm³/mol. The molecule has 0 aliphatic heterocycles. The number of nitro groups is 1. The summed E-state index contributed by atoms with van der Waals surface area (Å²) in [6, 6.07) is 6.39. The van der Waals surface area contributed by atoms with Crippen molar-refractivity contribution < 1.29 is 30.9 Å². The monoisotopic (exact) mass is 424 g/mol. The average Bonchev–Trinajstić information content (AvgIpc) is 2.51. The van der Waals surface area contributed by atoms with Crippen molar-refractivity contribution in [2.24, 2.45) is 0 Å². The predicted octanol–water partition coefficient (Wildman–Crippen LogP) is 1.19. The zero-order valence-corrected chi connectivity index (χ0v) is 14.4. The van der Waals surface area contributed by atoms with Gasteiger partial charge in [0.25, 0.3) is 25.9 Å². The number of anilines is 1. The number of nitrogens with zero attached hydrogens (tertiary/aromatic N) is 1. The van der Waals surface area contributed by atoms with Gasteiger partial charge in [0.2, 0.25) is 0 Å². The molecule has 0 amide bonds. The summed E-state index contributed by atoms with van der Waals surface area (Å²) in [6.45, 7) is 0. The van der Waals surface area contributed by atoms with Gasteiger partial charge in [0, 0.05) is 17.8 Å². The summed E-state index contributed by atoms with van der Waals surface area (Å²) in [7, 11) is -9.39. The molecule has 27 heavy (non-hydrogen) atoms. The Morgan fingerprint density at radius 2 is 1.33 bits per heavy atom. The van der Waals surface area contributed by atoms with E-state index in [9.17, 15) is 36.1 Å². The topological polar surface area (TPSA) is 178 Å². The van der Waals surface area contributed by atoms with E-state index in [1.54, 1.807) is 0 Å². The molecular formula is C14H13N2NaO8S2. The van der Waals surface area contributed by atoms with Crippen LogP contribution in [-0.4, -0.2) is 60.4 Å². The average molecular weight is 424 g/mol. The molecule has 0 unspecified atom stereocenters. The quantitative estimate of drug-likeness (QED) is 0.159. The van der Waals surface area contributed by atoms with Crippen LogP contribution in [0.2, 0.25) is 0 Å². The van der Waals surface area contributed by atoms with Crippen LogP contribution >= 0.6 is 0 Å². The normalized spacial score (nSPS) is 11.9. The van der Waals surface area contributed by atoms with E-state index in [2.05, 4.69) is 0 Å². The molecule has 0 saturated heterocycles. The van der Waals surface area contributed by atoms with Gasteiger partial charge in [0.15, 0.2) is 0 Å². The van der Waals surface area contributed by atoms with Crippen LogP contribution in [0.25, 0.3) is 12.2 Å². The minimum atomic E-state index is -4.78. The first-order valence-electron chi connectivity index (χ1n) is 6.70. The van der Waals surface area contributed by atoms with E-state index in [0.29, 0.717) is 6.07 Å². The summed E-state index contributed by atoms with van der Waals surface area (Å²) in [5, 5.41) is 10.8. The molecule has 0 saturated carbocycles. The van der Waals surface area contributed by atoms with Crippen molar-refractivity contribution in [3.63, 3.8) is 0 Å². The fourth-order valence-electron chi connectivity index (χ4n) is 2.09. The van der Waals surface area contributed by atoms with E-state index in [4.69, 9.17) is 5.73 Å². The van der Waals surface area contributed by atoms with Crippen molar-refractivity contribution in [1.29, 1.82) is 0 Å². The van der Waals surface area contributed by atoms with Gasteiger partial charge in [-0.3, -0.25) is 19.2 Å². The van der Waals surface area contributed by atoms with Crippen molar-refractivity contribution in [2.75, 3.05) is 5.73 Å². The molecule has 0 aliphatic carbocycles. The number of benzene rings is 2. The van der Waals surface area contributed by atoms with Crippen molar-refractivity contribution in [3.8, 4) is 0 Å². The SMILES string of the molecule is Nc1ccc(C=Cc2ccc([N+](=O)[O-])cc2S(=O)(=O)O)c(S(=O)(=O)O)c1.[NaH]. The van der Waals surface area contributed by atoms with E-state index in [1.165, 1.54) is 12.1 Å². The van der Waals surface area contributed by atoms with Crippen molar-refractivity contribution >= 4 is 73.3 Å². The van der Waals surface area contributed by atoms with Crippen LogP contribution in [0.4, 0.5) is 11.4 Å². The molecule has 2 aromatic carbocycles. The molecule has 2 aromatic rings. The second-order valence-electron chi connectivity index (χ2n) is 5.06. The van der Waals surface area contributed by atoms with Gasteiger partial charge in [-0.25, -0.2) is 0 Å². The molecule has 10 nitrogen and oxygen atoms in total. The van der Waals surface area contributed by atoms with Gasteiger partial charge in [-0.05, 0) is 29.3 Å². The van der Waals surface area contributed by atoms with Crippen LogP contribution in [-0.2, 0) is 20.2 Å². The second-order valence-corrected chi connectivity index (χ2v) is 7.84. The molecule has 0 atom stereocenters. The van der Waals surface area contributed by atoms with E-state index in [1.807, 2.05) is 0 Å². The van der Waals surface area contributed by atoms with E-state index in [-0.39, 0.29) is 46.4 Å². The van der Waals surface area contributed by atoms with Gasteiger partial charge in [-0.2, -0.15) is 16.8 Å². The molecule has 0 bridgehead atoms. The summed E-state index contributed by atoms with van der Waals surface area (Å²) in [4.78, 5) is 8.69.